The summed E-state index contributed by atoms with van der Waals surface area (Å²) in [5.74, 6) is 1.93. The number of hydrogen-bond acceptors (Lipinski definition) is 8. The van der Waals surface area contributed by atoms with Crippen LogP contribution in [0.4, 0.5) is 11.8 Å². The van der Waals surface area contributed by atoms with Crippen molar-refractivity contribution in [3.8, 4) is 17.2 Å². The molecule has 1 amide bonds. The number of nitrogens with one attached hydrogen (secondary N) is 1. The number of hydrogen-bond donors (Lipinski definition) is 3. The second kappa shape index (κ2) is 9.93. The van der Waals surface area contributed by atoms with Gasteiger partial charge in [0.05, 0.1) is 14.2 Å². The van der Waals surface area contributed by atoms with E-state index in [2.05, 4.69) is 15.3 Å². The number of rotatable bonds is 10. The predicted molar refractivity (Wildman–Crippen MR) is 125 cm³/mol. The fraction of sp³-hybridized carbons (Fsp3) is 0.522. The van der Waals surface area contributed by atoms with Gasteiger partial charge in [-0.1, -0.05) is 13.8 Å². The van der Waals surface area contributed by atoms with Crippen LogP contribution in [0.3, 0.4) is 0 Å². The minimum atomic E-state index is -0.675. The van der Waals surface area contributed by atoms with Crippen LogP contribution in [0.25, 0.3) is 0 Å². The van der Waals surface area contributed by atoms with E-state index in [1.54, 1.807) is 20.4 Å². The van der Waals surface area contributed by atoms with Crippen molar-refractivity contribution in [2.75, 3.05) is 32.2 Å². The Kier molecular flexibility index (Phi) is 7.77. The number of nitrogens with zero attached hydrogens (tertiary/aromatic N) is 2. The van der Waals surface area contributed by atoms with E-state index in [0.717, 1.165) is 11.1 Å². The molecule has 0 spiro atoms. The van der Waals surface area contributed by atoms with Gasteiger partial charge in [-0.3, -0.25) is 4.79 Å². The van der Waals surface area contributed by atoms with Gasteiger partial charge >= 0.3 is 0 Å². The number of nitrogen functional groups attached to an aromatic ring is 2. The van der Waals surface area contributed by atoms with Gasteiger partial charge in [-0.25, -0.2) is 4.98 Å². The fourth-order valence-corrected chi connectivity index (χ4v) is 3.78. The van der Waals surface area contributed by atoms with Gasteiger partial charge in [-0.15, -0.1) is 0 Å². The molecule has 0 aliphatic carbocycles. The first-order valence-electron chi connectivity index (χ1n) is 10.5. The molecule has 1 aromatic carbocycles. The summed E-state index contributed by atoms with van der Waals surface area (Å²) in [7, 11) is 3.13. The Bertz CT molecular complexity index is 934. The Morgan fingerprint density at radius 1 is 1.09 bits per heavy atom. The monoisotopic (exact) mass is 445 g/mol. The second-order valence-corrected chi connectivity index (χ2v) is 8.93. The number of carbonyl (C=O) groups excluding carboxylic acids is 1. The number of benzene rings is 1. The van der Waals surface area contributed by atoms with Crippen molar-refractivity contribution >= 4 is 17.7 Å². The third kappa shape index (κ3) is 6.15. The maximum absolute atomic E-state index is 12.5. The molecular weight excluding hydrogens is 410 g/mol. The maximum atomic E-state index is 12.5. The van der Waals surface area contributed by atoms with E-state index < -0.39 is 11.0 Å². The zero-order valence-electron chi connectivity index (χ0n) is 20.0. The summed E-state index contributed by atoms with van der Waals surface area (Å²) in [5, 5.41) is 2.88. The van der Waals surface area contributed by atoms with Crippen LogP contribution in [0.2, 0.25) is 0 Å². The third-order valence-electron chi connectivity index (χ3n) is 5.03. The van der Waals surface area contributed by atoms with Crippen molar-refractivity contribution in [3.63, 3.8) is 0 Å². The topological polar surface area (TPSA) is 135 Å². The Morgan fingerprint density at radius 3 is 2.19 bits per heavy atom. The summed E-state index contributed by atoms with van der Waals surface area (Å²) in [5.41, 5.74) is 11.9. The molecule has 2 aromatic rings. The molecular formula is C23H35N5O4. The maximum Gasteiger partial charge on any atom is 0.225 e. The van der Waals surface area contributed by atoms with E-state index in [1.165, 1.54) is 0 Å². The number of methoxy groups -OCH3 is 2. The quantitative estimate of drug-likeness (QED) is 0.508. The Balaban J connectivity index is 2.34. The highest BCUT2D eigenvalue weighted by Gasteiger charge is 2.37. The minimum absolute atomic E-state index is 0.0192. The summed E-state index contributed by atoms with van der Waals surface area (Å²) in [4.78, 5) is 20.5. The Morgan fingerprint density at radius 2 is 1.69 bits per heavy atom. The summed E-state index contributed by atoms with van der Waals surface area (Å²) in [6, 6.07) is 3.72. The highest BCUT2D eigenvalue weighted by molar-refractivity contribution is 5.81. The van der Waals surface area contributed by atoms with Crippen LogP contribution in [0.1, 0.15) is 52.2 Å². The molecule has 1 aromatic heterocycles. The first kappa shape index (κ1) is 25.0. The summed E-state index contributed by atoms with van der Waals surface area (Å²) < 4.78 is 17.6. The van der Waals surface area contributed by atoms with Crippen LogP contribution in [0, 0.1) is 5.41 Å². The SMILES string of the molecule is CCNC(=O)C(C)(C)CC(C)(C)Oc1c(OC)cc(Cc2cnc(N)nc2N)cc1OC. The smallest absolute Gasteiger partial charge is 0.225 e. The largest absolute Gasteiger partial charge is 0.493 e. The van der Waals surface area contributed by atoms with Crippen molar-refractivity contribution < 1.29 is 19.0 Å². The molecule has 0 bridgehead atoms. The minimum Gasteiger partial charge on any atom is -0.493 e. The van der Waals surface area contributed by atoms with E-state index >= 15 is 0 Å². The highest BCUT2D eigenvalue weighted by atomic mass is 16.5. The third-order valence-corrected chi connectivity index (χ3v) is 5.03. The van der Waals surface area contributed by atoms with Crippen LogP contribution in [0.5, 0.6) is 17.2 Å². The van der Waals surface area contributed by atoms with Crippen molar-refractivity contribution in [3.05, 3.63) is 29.5 Å². The zero-order valence-corrected chi connectivity index (χ0v) is 20.0. The van der Waals surface area contributed by atoms with Crippen molar-refractivity contribution in [2.45, 2.75) is 53.1 Å². The molecule has 0 aliphatic rings. The van der Waals surface area contributed by atoms with E-state index in [4.69, 9.17) is 25.7 Å². The van der Waals surface area contributed by atoms with Gasteiger partial charge in [0.2, 0.25) is 17.6 Å². The summed E-state index contributed by atoms with van der Waals surface area (Å²) in [6.07, 6.45) is 2.56. The molecule has 0 aliphatic heterocycles. The van der Waals surface area contributed by atoms with Gasteiger partial charge in [-0.2, -0.15) is 4.98 Å². The molecule has 9 heteroatoms. The molecule has 0 atom stereocenters. The number of ether oxygens (including phenoxy) is 3. The van der Waals surface area contributed by atoms with Gasteiger partial charge in [0.15, 0.2) is 11.5 Å². The number of anilines is 2. The van der Waals surface area contributed by atoms with Crippen molar-refractivity contribution in [2.24, 2.45) is 5.41 Å². The number of aromatic nitrogens is 2. The van der Waals surface area contributed by atoms with Gasteiger partial charge in [0.1, 0.15) is 11.4 Å². The summed E-state index contributed by atoms with van der Waals surface area (Å²) in [6.45, 7) is 10.2. The molecule has 9 nitrogen and oxygen atoms in total. The first-order chi connectivity index (χ1) is 14.9. The van der Waals surface area contributed by atoms with Crippen LogP contribution >= 0.6 is 0 Å². The lowest BCUT2D eigenvalue weighted by molar-refractivity contribution is -0.131. The molecule has 1 heterocycles. The van der Waals surface area contributed by atoms with Crippen LogP contribution in [-0.2, 0) is 11.2 Å². The molecule has 5 N–H and O–H groups in total. The second-order valence-electron chi connectivity index (χ2n) is 8.93. The lowest BCUT2D eigenvalue weighted by atomic mass is 9.81. The van der Waals surface area contributed by atoms with Gasteiger partial charge in [0.25, 0.3) is 0 Å². The molecule has 0 saturated carbocycles. The molecule has 0 unspecified atom stereocenters. The zero-order chi connectivity index (χ0) is 24.1. The number of nitrogens with two attached hydrogens (primary N) is 2. The average Bonchev–Trinajstić information content (AvgIpc) is 2.70. The molecule has 0 saturated heterocycles. The molecule has 0 radical (unpaired) electrons. The first-order valence-corrected chi connectivity index (χ1v) is 10.5. The van der Waals surface area contributed by atoms with E-state index in [1.807, 2.05) is 46.8 Å². The average molecular weight is 446 g/mol. The molecule has 0 fully saturated rings. The summed E-state index contributed by atoms with van der Waals surface area (Å²) >= 11 is 0. The van der Waals surface area contributed by atoms with Crippen LogP contribution in [-0.4, -0.2) is 42.2 Å². The normalized spacial score (nSPS) is 11.7. The van der Waals surface area contributed by atoms with Crippen LogP contribution < -0.4 is 31.0 Å². The van der Waals surface area contributed by atoms with Gasteiger partial charge < -0.3 is 31.0 Å². The molecule has 176 valence electrons. The fourth-order valence-electron chi connectivity index (χ4n) is 3.78. The Labute approximate surface area is 189 Å². The Hall–Kier alpha value is -3.23. The van der Waals surface area contributed by atoms with E-state index in [-0.39, 0.29) is 11.9 Å². The molecule has 2 rings (SSSR count). The standard InChI is InChI=1S/C23H35N5O4/c1-8-26-20(29)22(2,3)13-23(4,5)32-18-16(30-6)10-14(11-17(18)31-7)9-15-12-27-21(25)28-19(15)24/h10-12H,8-9,13H2,1-7H3,(H,26,29)(H4,24,25,27,28). The van der Waals surface area contributed by atoms with Gasteiger partial charge in [0, 0.05) is 36.6 Å². The van der Waals surface area contributed by atoms with Crippen molar-refractivity contribution in [1.29, 1.82) is 0 Å². The van der Waals surface area contributed by atoms with Gasteiger partial charge in [-0.05, 0) is 38.5 Å². The molecule has 32 heavy (non-hydrogen) atoms. The van der Waals surface area contributed by atoms with Crippen molar-refractivity contribution in [1.82, 2.24) is 15.3 Å². The van der Waals surface area contributed by atoms with E-state index in [0.29, 0.717) is 42.5 Å². The predicted octanol–water partition coefficient (Wildman–Crippen LogP) is 2.96. The number of amides is 1. The lowest BCUT2D eigenvalue weighted by Gasteiger charge is -2.35. The van der Waals surface area contributed by atoms with Crippen LogP contribution in [0.15, 0.2) is 18.3 Å². The van der Waals surface area contributed by atoms with E-state index in [9.17, 15) is 4.79 Å². The lowest BCUT2D eigenvalue weighted by Crippen LogP contribution is -2.43. The number of carbonyl (C=O) groups is 1. The highest BCUT2D eigenvalue weighted by Crippen LogP contribution is 2.43.